The number of hydrogen-bond acceptors (Lipinski definition) is 6. The first kappa shape index (κ1) is 21.7. The fourth-order valence-corrected chi connectivity index (χ4v) is 2.93. The van der Waals surface area contributed by atoms with E-state index in [1.165, 1.54) is 21.3 Å². The molecular formula is C22H28O6. The Hall–Kier alpha value is -2.57. The summed E-state index contributed by atoms with van der Waals surface area (Å²) in [6.07, 6.45) is 1.19. The summed E-state index contributed by atoms with van der Waals surface area (Å²) in [5.41, 5.74) is 1.57. The molecule has 28 heavy (non-hydrogen) atoms. The first-order valence-corrected chi connectivity index (χ1v) is 9.24. The van der Waals surface area contributed by atoms with E-state index in [4.69, 9.17) is 23.7 Å². The molecule has 2 aromatic rings. The van der Waals surface area contributed by atoms with Gasteiger partial charge < -0.3 is 23.7 Å². The molecule has 2 rings (SSSR count). The molecule has 152 valence electrons. The van der Waals surface area contributed by atoms with Gasteiger partial charge in [-0.3, -0.25) is 0 Å². The van der Waals surface area contributed by atoms with Gasteiger partial charge in [0, 0.05) is 19.8 Å². The highest BCUT2D eigenvalue weighted by atomic mass is 16.7. The van der Waals surface area contributed by atoms with Crippen LogP contribution in [0.2, 0.25) is 0 Å². The minimum absolute atomic E-state index is 0.325. The second-order valence-corrected chi connectivity index (χ2v) is 6.21. The molecule has 0 fully saturated rings. The SMILES string of the molecule is CCCCOc1cc(C(OC)OC)c(OC)c(C)c1C(=O)Oc1ccccc1. The molecule has 2 aromatic carbocycles. The van der Waals surface area contributed by atoms with Crippen molar-refractivity contribution in [3.63, 3.8) is 0 Å². The molecule has 0 aromatic heterocycles. The summed E-state index contributed by atoms with van der Waals surface area (Å²) in [4.78, 5) is 13.0. The molecule has 0 aliphatic carbocycles. The fraction of sp³-hybridized carbons (Fsp3) is 0.409. The van der Waals surface area contributed by atoms with Crippen molar-refractivity contribution < 1.29 is 28.5 Å². The van der Waals surface area contributed by atoms with Crippen molar-refractivity contribution in [2.45, 2.75) is 33.0 Å². The highest BCUT2D eigenvalue weighted by Crippen LogP contribution is 2.39. The van der Waals surface area contributed by atoms with Gasteiger partial charge in [0.2, 0.25) is 0 Å². The molecule has 6 nitrogen and oxygen atoms in total. The van der Waals surface area contributed by atoms with E-state index in [0.29, 0.717) is 40.5 Å². The maximum absolute atomic E-state index is 13.0. The van der Waals surface area contributed by atoms with Gasteiger partial charge in [-0.05, 0) is 31.5 Å². The number of rotatable bonds is 10. The second kappa shape index (κ2) is 10.7. The van der Waals surface area contributed by atoms with Gasteiger partial charge in [0.05, 0.1) is 19.3 Å². The largest absolute Gasteiger partial charge is 0.496 e. The zero-order valence-electron chi connectivity index (χ0n) is 17.1. The van der Waals surface area contributed by atoms with Gasteiger partial charge in [0.1, 0.15) is 22.8 Å². The summed E-state index contributed by atoms with van der Waals surface area (Å²) in [5, 5.41) is 0. The number of benzene rings is 2. The molecule has 0 aliphatic rings. The Bertz CT molecular complexity index is 768. The summed E-state index contributed by atoms with van der Waals surface area (Å²) < 4.78 is 27.8. The van der Waals surface area contributed by atoms with Gasteiger partial charge in [-0.2, -0.15) is 0 Å². The third-order valence-corrected chi connectivity index (χ3v) is 4.31. The Morgan fingerprint density at radius 3 is 2.32 bits per heavy atom. The average molecular weight is 388 g/mol. The van der Waals surface area contributed by atoms with Crippen LogP contribution in [0.4, 0.5) is 0 Å². The van der Waals surface area contributed by atoms with Crippen molar-refractivity contribution in [1.29, 1.82) is 0 Å². The summed E-state index contributed by atoms with van der Waals surface area (Å²) in [5.74, 6) is 0.867. The third-order valence-electron chi connectivity index (χ3n) is 4.31. The van der Waals surface area contributed by atoms with Crippen LogP contribution in [0.3, 0.4) is 0 Å². The molecule has 0 aliphatic heterocycles. The van der Waals surface area contributed by atoms with E-state index >= 15 is 0 Å². The van der Waals surface area contributed by atoms with Crippen molar-refractivity contribution >= 4 is 5.97 Å². The molecule has 0 spiro atoms. The topological polar surface area (TPSA) is 63.2 Å². The van der Waals surface area contributed by atoms with Crippen LogP contribution in [0.15, 0.2) is 36.4 Å². The lowest BCUT2D eigenvalue weighted by Crippen LogP contribution is -2.16. The first-order chi connectivity index (χ1) is 13.6. The Morgan fingerprint density at radius 1 is 1.07 bits per heavy atom. The van der Waals surface area contributed by atoms with Crippen LogP contribution in [-0.4, -0.2) is 33.9 Å². The summed E-state index contributed by atoms with van der Waals surface area (Å²) >= 11 is 0. The number of carbonyl (C=O) groups is 1. The summed E-state index contributed by atoms with van der Waals surface area (Å²) in [6, 6.07) is 10.6. The fourth-order valence-electron chi connectivity index (χ4n) is 2.93. The first-order valence-electron chi connectivity index (χ1n) is 9.24. The van der Waals surface area contributed by atoms with Crippen molar-refractivity contribution in [3.05, 3.63) is 53.1 Å². The van der Waals surface area contributed by atoms with Crippen molar-refractivity contribution in [3.8, 4) is 17.2 Å². The predicted molar refractivity (Wildman–Crippen MR) is 106 cm³/mol. The van der Waals surface area contributed by atoms with Gasteiger partial charge >= 0.3 is 5.97 Å². The van der Waals surface area contributed by atoms with E-state index < -0.39 is 12.3 Å². The molecule has 0 saturated heterocycles. The highest BCUT2D eigenvalue weighted by Gasteiger charge is 2.27. The van der Waals surface area contributed by atoms with E-state index in [2.05, 4.69) is 6.92 Å². The van der Waals surface area contributed by atoms with E-state index in [0.717, 1.165) is 12.8 Å². The van der Waals surface area contributed by atoms with Crippen molar-refractivity contribution in [2.24, 2.45) is 0 Å². The maximum atomic E-state index is 13.0. The van der Waals surface area contributed by atoms with Gasteiger partial charge in [-0.1, -0.05) is 31.5 Å². The van der Waals surface area contributed by atoms with E-state index in [1.54, 1.807) is 37.3 Å². The molecule has 0 radical (unpaired) electrons. The summed E-state index contributed by atoms with van der Waals surface area (Å²) in [6.45, 7) is 4.35. The molecule has 0 atom stereocenters. The van der Waals surface area contributed by atoms with Crippen LogP contribution in [0.1, 0.15) is 47.5 Å². The molecule has 0 bridgehead atoms. The quantitative estimate of drug-likeness (QED) is 0.255. The number of hydrogen-bond donors (Lipinski definition) is 0. The van der Waals surface area contributed by atoms with Crippen LogP contribution in [0.5, 0.6) is 17.2 Å². The van der Waals surface area contributed by atoms with E-state index in [-0.39, 0.29) is 0 Å². The van der Waals surface area contributed by atoms with Crippen molar-refractivity contribution in [2.75, 3.05) is 27.9 Å². The maximum Gasteiger partial charge on any atom is 0.347 e. The Morgan fingerprint density at radius 2 is 1.75 bits per heavy atom. The standard InChI is InChI=1S/C22H28O6/c1-6-7-13-27-18-14-17(22(25-4)26-5)20(24-3)15(2)19(18)21(23)28-16-11-9-8-10-12-16/h8-12,14,22H,6-7,13H2,1-5H3. The number of ether oxygens (including phenoxy) is 5. The third kappa shape index (κ3) is 5.03. The van der Waals surface area contributed by atoms with Crippen LogP contribution >= 0.6 is 0 Å². The number of unbranched alkanes of at least 4 members (excludes halogenated alkanes) is 1. The van der Waals surface area contributed by atoms with Crippen LogP contribution in [0.25, 0.3) is 0 Å². The lowest BCUT2D eigenvalue weighted by molar-refractivity contribution is -0.107. The molecule has 0 N–H and O–H groups in total. The van der Waals surface area contributed by atoms with Crippen molar-refractivity contribution in [1.82, 2.24) is 0 Å². The Labute approximate surface area is 166 Å². The second-order valence-electron chi connectivity index (χ2n) is 6.21. The number of esters is 1. The Kier molecular flexibility index (Phi) is 8.29. The van der Waals surface area contributed by atoms with Gasteiger partial charge in [0.25, 0.3) is 0 Å². The number of para-hydroxylation sites is 1. The van der Waals surface area contributed by atoms with Crippen LogP contribution in [0, 0.1) is 6.92 Å². The van der Waals surface area contributed by atoms with Crippen LogP contribution < -0.4 is 14.2 Å². The lowest BCUT2D eigenvalue weighted by Gasteiger charge is -2.22. The predicted octanol–water partition coefficient (Wildman–Crippen LogP) is 4.69. The highest BCUT2D eigenvalue weighted by molar-refractivity contribution is 5.96. The Balaban J connectivity index is 2.52. The summed E-state index contributed by atoms with van der Waals surface area (Å²) in [7, 11) is 4.62. The van der Waals surface area contributed by atoms with E-state index in [1.807, 2.05) is 6.07 Å². The molecule has 0 unspecified atom stereocenters. The monoisotopic (exact) mass is 388 g/mol. The van der Waals surface area contributed by atoms with Crippen LogP contribution in [-0.2, 0) is 9.47 Å². The average Bonchev–Trinajstić information content (AvgIpc) is 2.70. The molecule has 0 saturated carbocycles. The number of carbonyl (C=O) groups excluding carboxylic acids is 1. The van der Waals surface area contributed by atoms with Gasteiger partial charge in [-0.15, -0.1) is 0 Å². The molecule has 6 heteroatoms. The van der Waals surface area contributed by atoms with E-state index in [9.17, 15) is 4.79 Å². The normalized spacial score (nSPS) is 10.8. The lowest BCUT2D eigenvalue weighted by atomic mass is 10.0. The van der Waals surface area contributed by atoms with Gasteiger partial charge in [0.15, 0.2) is 6.29 Å². The minimum Gasteiger partial charge on any atom is -0.496 e. The zero-order chi connectivity index (χ0) is 20.5. The minimum atomic E-state index is -0.652. The molecule has 0 heterocycles. The zero-order valence-corrected chi connectivity index (χ0v) is 17.1. The molecule has 0 amide bonds. The molecular weight excluding hydrogens is 360 g/mol. The van der Waals surface area contributed by atoms with Gasteiger partial charge in [-0.25, -0.2) is 4.79 Å². The smallest absolute Gasteiger partial charge is 0.347 e. The number of methoxy groups -OCH3 is 3.